The van der Waals surface area contributed by atoms with Crippen molar-refractivity contribution >= 4 is 23.5 Å². The standard InChI is InChI=1S/C37H26S2/c1-3-15-29(16-4-1)38-31-19-11-13-27(25-31)37(28-14-12-20-32(26-28)39-30-17-5-2-6-18-30)35-23-9-7-21-33(35)34-22-8-10-24-36(34)37/h1-26H. The average Bonchev–Trinajstić information content (AvgIpc) is 3.30. The molecule has 0 aromatic heterocycles. The summed E-state index contributed by atoms with van der Waals surface area (Å²) in [4.78, 5) is 4.99. The van der Waals surface area contributed by atoms with Crippen molar-refractivity contribution in [3.8, 4) is 11.1 Å². The Bertz CT molecular complexity index is 1620. The highest BCUT2D eigenvalue weighted by Gasteiger charge is 2.46. The molecule has 0 unspecified atom stereocenters. The first-order chi connectivity index (χ1) is 19.3. The Balaban J connectivity index is 1.45. The van der Waals surface area contributed by atoms with Gasteiger partial charge in [0, 0.05) is 19.6 Å². The van der Waals surface area contributed by atoms with Crippen LogP contribution in [-0.2, 0) is 5.41 Å². The molecule has 0 atom stereocenters. The van der Waals surface area contributed by atoms with E-state index in [2.05, 4.69) is 158 Å². The van der Waals surface area contributed by atoms with E-state index in [1.54, 1.807) is 0 Å². The highest BCUT2D eigenvalue weighted by atomic mass is 32.2. The van der Waals surface area contributed by atoms with Gasteiger partial charge in [0.25, 0.3) is 0 Å². The Morgan fingerprint density at radius 3 is 1.18 bits per heavy atom. The minimum atomic E-state index is -0.409. The lowest BCUT2D eigenvalue weighted by molar-refractivity contribution is 0.762. The summed E-state index contributed by atoms with van der Waals surface area (Å²) in [6, 6.07) is 57.5. The van der Waals surface area contributed by atoms with Gasteiger partial charge in [-0.15, -0.1) is 0 Å². The highest BCUT2D eigenvalue weighted by Crippen LogP contribution is 2.56. The molecule has 186 valence electrons. The summed E-state index contributed by atoms with van der Waals surface area (Å²) in [6.07, 6.45) is 0. The smallest absolute Gasteiger partial charge is 0.0714 e. The van der Waals surface area contributed by atoms with Crippen LogP contribution in [-0.4, -0.2) is 0 Å². The summed E-state index contributed by atoms with van der Waals surface area (Å²) in [5.74, 6) is 0. The third-order valence-corrected chi connectivity index (χ3v) is 9.44. The first-order valence-electron chi connectivity index (χ1n) is 13.2. The van der Waals surface area contributed by atoms with E-state index in [-0.39, 0.29) is 0 Å². The van der Waals surface area contributed by atoms with Crippen molar-refractivity contribution in [2.24, 2.45) is 0 Å². The van der Waals surface area contributed by atoms with Gasteiger partial charge in [-0.3, -0.25) is 0 Å². The molecule has 0 amide bonds. The monoisotopic (exact) mass is 534 g/mol. The van der Waals surface area contributed by atoms with Crippen LogP contribution >= 0.6 is 23.5 Å². The minimum absolute atomic E-state index is 0.409. The Kier molecular flexibility index (Phi) is 6.36. The molecule has 0 fully saturated rings. The van der Waals surface area contributed by atoms with E-state index < -0.39 is 5.41 Å². The van der Waals surface area contributed by atoms with E-state index in [9.17, 15) is 0 Å². The van der Waals surface area contributed by atoms with Crippen LogP contribution in [0.1, 0.15) is 22.3 Å². The largest absolute Gasteiger partial charge is 0.0901 e. The Morgan fingerprint density at radius 2 is 0.718 bits per heavy atom. The second kappa shape index (κ2) is 10.3. The van der Waals surface area contributed by atoms with E-state index in [0.29, 0.717) is 0 Å². The van der Waals surface area contributed by atoms with E-state index in [1.807, 2.05) is 23.5 Å². The molecular weight excluding hydrogens is 509 g/mol. The molecule has 6 aromatic rings. The molecule has 6 aromatic carbocycles. The number of hydrogen-bond donors (Lipinski definition) is 0. The number of fused-ring (bicyclic) bond motifs is 3. The predicted octanol–water partition coefficient (Wildman–Crippen LogP) is 10.4. The van der Waals surface area contributed by atoms with Crippen LogP contribution in [0.3, 0.4) is 0 Å². The fourth-order valence-electron chi connectivity index (χ4n) is 5.86. The van der Waals surface area contributed by atoms with Crippen molar-refractivity contribution in [3.63, 3.8) is 0 Å². The number of hydrogen-bond acceptors (Lipinski definition) is 2. The van der Waals surface area contributed by atoms with Crippen LogP contribution in [0.25, 0.3) is 11.1 Å². The van der Waals surface area contributed by atoms with Gasteiger partial charge >= 0.3 is 0 Å². The maximum atomic E-state index is 2.40. The SMILES string of the molecule is c1ccc(Sc2cccc(C3(c4cccc(Sc5ccccc5)c4)c4ccccc4-c4ccccc43)c2)cc1. The molecule has 1 aliphatic carbocycles. The lowest BCUT2D eigenvalue weighted by Crippen LogP contribution is -2.28. The molecule has 0 N–H and O–H groups in total. The molecule has 0 nitrogen and oxygen atoms in total. The van der Waals surface area contributed by atoms with Gasteiger partial charge in [-0.1, -0.05) is 133 Å². The molecule has 0 spiro atoms. The van der Waals surface area contributed by atoms with Gasteiger partial charge in [0.1, 0.15) is 0 Å². The summed E-state index contributed by atoms with van der Waals surface area (Å²) < 4.78 is 0. The van der Waals surface area contributed by atoms with E-state index >= 15 is 0 Å². The van der Waals surface area contributed by atoms with Crippen LogP contribution in [0.4, 0.5) is 0 Å². The number of benzene rings is 6. The van der Waals surface area contributed by atoms with Gasteiger partial charge in [-0.2, -0.15) is 0 Å². The van der Waals surface area contributed by atoms with E-state index in [4.69, 9.17) is 0 Å². The third kappa shape index (κ3) is 4.30. The minimum Gasteiger partial charge on any atom is -0.0901 e. The van der Waals surface area contributed by atoms with Crippen LogP contribution in [0, 0.1) is 0 Å². The van der Waals surface area contributed by atoms with Crippen molar-refractivity contribution < 1.29 is 0 Å². The van der Waals surface area contributed by atoms with Crippen LogP contribution in [0.2, 0.25) is 0 Å². The van der Waals surface area contributed by atoms with Gasteiger partial charge in [0.2, 0.25) is 0 Å². The van der Waals surface area contributed by atoms with Crippen molar-refractivity contribution in [2.75, 3.05) is 0 Å². The quantitative estimate of drug-likeness (QED) is 0.208. The molecule has 0 heterocycles. The molecule has 7 rings (SSSR count). The summed E-state index contributed by atoms with van der Waals surface area (Å²) >= 11 is 3.64. The second-order valence-electron chi connectivity index (χ2n) is 9.73. The third-order valence-electron chi connectivity index (χ3n) is 7.44. The van der Waals surface area contributed by atoms with Gasteiger partial charge in [-0.05, 0) is 81.9 Å². The first-order valence-corrected chi connectivity index (χ1v) is 14.8. The second-order valence-corrected chi connectivity index (χ2v) is 12.0. The lowest BCUT2D eigenvalue weighted by Gasteiger charge is -2.34. The maximum Gasteiger partial charge on any atom is 0.0714 e. The van der Waals surface area contributed by atoms with Crippen LogP contribution < -0.4 is 0 Å². The van der Waals surface area contributed by atoms with Crippen molar-refractivity contribution in [1.29, 1.82) is 0 Å². The van der Waals surface area contributed by atoms with Gasteiger partial charge in [-0.25, -0.2) is 0 Å². The molecule has 39 heavy (non-hydrogen) atoms. The maximum absolute atomic E-state index is 2.40. The van der Waals surface area contributed by atoms with Crippen LogP contribution in [0.5, 0.6) is 0 Å². The Labute approximate surface area is 238 Å². The zero-order valence-electron chi connectivity index (χ0n) is 21.3. The van der Waals surface area contributed by atoms with E-state index in [0.717, 1.165) is 0 Å². The van der Waals surface area contributed by atoms with Gasteiger partial charge in [0.15, 0.2) is 0 Å². The molecular formula is C37H26S2. The molecule has 2 heteroatoms. The Hall–Kier alpha value is -3.98. The molecule has 0 saturated carbocycles. The molecule has 1 aliphatic rings. The van der Waals surface area contributed by atoms with Gasteiger partial charge in [0.05, 0.1) is 5.41 Å². The zero-order chi connectivity index (χ0) is 26.1. The van der Waals surface area contributed by atoms with Crippen molar-refractivity contribution in [1.82, 2.24) is 0 Å². The molecule has 0 bridgehead atoms. The van der Waals surface area contributed by atoms with E-state index in [1.165, 1.54) is 53.0 Å². The van der Waals surface area contributed by atoms with Gasteiger partial charge < -0.3 is 0 Å². The molecule has 0 saturated heterocycles. The fourth-order valence-corrected chi connectivity index (χ4v) is 7.65. The molecule has 0 radical (unpaired) electrons. The average molecular weight is 535 g/mol. The summed E-state index contributed by atoms with van der Waals surface area (Å²) in [5, 5.41) is 0. The van der Waals surface area contributed by atoms with Crippen LogP contribution in [0.15, 0.2) is 177 Å². The number of rotatable bonds is 6. The topological polar surface area (TPSA) is 0 Å². The predicted molar refractivity (Wildman–Crippen MR) is 165 cm³/mol. The van der Waals surface area contributed by atoms with Crippen molar-refractivity contribution in [3.05, 3.63) is 180 Å². The summed E-state index contributed by atoms with van der Waals surface area (Å²) in [5.41, 5.74) is 7.49. The molecule has 0 aliphatic heterocycles. The zero-order valence-corrected chi connectivity index (χ0v) is 23.0. The summed E-state index contributed by atoms with van der Waals surface area (Å²) in [6.45, 7) is 0. The van der Waals surface area contributed by atoms with Crippen molar-refractivity contribution in [2.45, 2.75) is 25.0 Å². The normalized spacial score (nSPS) is 13.0. The first kappa shape index (κ1) is 24.1. The highest BCUT2D eigenvalue weighted by molar-refractivity contribution is 7.99. The summed E-state index contributed by atoms with van der Waals surface area (Å²) in [7, 11) is 0. The Morgan fingerprint density at radius 1 is 0.333 bits per heavy atom. The lowest BCUT2D eigenvalue weighted by atomic mass is 9.68. The fraction of sp³-hybridized carbons (Fsp3) is 0.0270.